The van der Waals surface area contributed by atoms with Crippen LogP contribution in [-0.4, -0.2) is 17.9 Å². The zero-order valence-electron chi connectivity index (χ0n) is 11.7. The van der Waals surface area contributed by atoms with Gasteiger partial charge in [0.1, 0.15) is 5.75 Å². The van der Waals surface area contributed by atoms with E-state index in [0.717, 1.165) is 0 Å². The SMILES string of the molecule is CC1Oc2cc(C(=O)Nc3ccccc3Cl)ccc2NC1=O. The molecule has 2 N–H and O–H groups in total. The number of rotatable bonds is 2. The van der Waals surface area contributed by atoms with Crippen LogP contribution >= 0.6 is 11.6 Å². The van der Waals surface area contributed by atoms with Gasteiger partial charge in [0, 0.05) is 5.56 Å². The molecule has 0 saturated heterocycles. The summed E-state index contributed by atoms with van der Waals surface area (Å²) < 4.78 is 5.49. The van der Waals surface area contributed by atoms with Crippen LogP contribution in [0.3, 0.4) is 0 Å². The van der Waals surface area contributed by atoms with E-state index in [1.54, 1.807) is 49.4 Å². The number of hydrogen-bond donors (Lipinski definition) is 2. The number of ether oxygens (including phenoxy) is 1. The van der Waals surface area contributed by atoms with Gasteiger partial charge < -0.3 is 15.4 Å². The molecule has 0 spiro atoms. The molecule has 6 heteroatoms. The van der Waals surface area contributed by atoms with Crippen LogP contribution in [0.5, 0.6) is 5.75 Å². The Kier molecular flexibility index (Phi) is 3.73. The van der Waals surface area contributed by atoms with Gasteiger partial charge in [0.05, 0.1) is 16.4 Å². The zero-order valence-corrected chi connectivity index (χ0v) is 12.5. The van der Waals surface area contributed by atoms with E-state index in [0.29, 0.717) is 27.7 Å². The predicted molar refractivity (Wildman–Crippen MR) is 84.6 cm³/mol. The number of fused-ring (bicyclic) bond motifs is 1. The molecular weight excluding hydrogens is 304 g/mol. The van der Waals surface area contributed by atoms with E-state index >= 15 is 0 Å². The Balaban J connectivity index is 1.84. The van der Waals surface area contributed by atoms with Gasteiger partial charge in [-0.25, -0.2) is 0 Å². The van der Waals surface area contributed by atoms with E-state index in [-0.39, 0.29) is 11.8 Å². The van der Waals surface area contributed by atoms with Crippen molar-refractivity contribution in [3.05, 3.63) is 53.1 Å². The maximum atomic E-state index is 12.3. The third-order valence-electron chi connectivity index (χ3n) is 3.30. The van der Waals surface area contributed by atoms with Gasteiger partial charge in [0.2, 0.25) is 0 Å². The first kappa shape index (κ1) is 14.4. The van der Waals surface area contributed by atoms with Gasteiger partial charge in [0.25, 0.3) is 11.8 Å². The molecule has 0 saturated carbocycles. The third-order valence-corrected chi connectivity index (χ3v) is 3.63. The molecule has 1 unspecified atom stereocenters. The van der Waals surface area contributed by atoms with Gasteiger partial charge in [-0.05, 0) is 37.3 Å². The quantitative estimate of drug-likeness (QED) is 0.893. The maximum absolute atomic E-state index is 12.3. The van der Waals surface area contributed by atoms with Crippen molar-refractivity contribution in [2.24, 2.45) is 0 Å². The van der Waals surface area contributed by atoms with Gasteiger partial charge in [0.15, 0.2) is 6.10 Å². The normalized spacial score (nSPS) is 16.3. The van der Waals surface area contributed by atoms with Crippen molar-refractivity contribution in [2.75, 3.05) is 10.6 Å². The molecule has 1 heterocycles. The number of amides is 2. The fraction of sp³-hybridized carbons (Fsp3) is 0.125. The van der Waals surface area contributed by atoms with E-state index in [2.05, 4.69) is 10.6 Å². The summed E-state index contributed by atoms with van der Waals surface area (Å²) in [4.78, 5) is 23.8. The van der Waals surface area contributed by atoms with Crippen LogP contribution < -0.4 is 15.4 Å². The van der Waals surface area contributed by atoms with Crippen LogP contribution in [0.15, 0.2) is 42.5 Å². The molecule has 0 aliphatic carbocycles. The number of halogens is 1. The fourth-order valence-electron chi connectivity index (χ4n) is 2.10. The summed E-state index contributed by atoms with van der Waals surface area (Å²) in [6.45, 7) is 1.65. The van der Waals surface area contributed by atoms with Crippen molar-refractivity contribution >= 4 is 34.8 Å². The molecule has 2 aromatic rings. The van der Waals surface area contributed by atoms with Gasteiger partial charge in [-0.15, -0.1) is 0 Å². The highest BCUT2D eigenvalue weighted by atomic mass is 35.5. The highest BCUT2D eigenvalue weighted by molar-refractivity contribution is 6.33. The van der Waals surface area contributed by atoms with Gasteiger partial charge >= 0.3 is 0 Å². The molecule has 0 radical (unpaired) electrons. The molecule has 1 atom stereocenters. The largest absolute Gasteiger partial charge is 0.479 e. The minimum Gasteiger partial charge on any atom is -0.479 e. The average Bonchev–Trinajstić information content (AvgIpc) is 2.50. The highest BCUT2D eigenvalue weighted by Gasteiger charge is 2.24. The van der Waals surface area contributed by atoms with Gasteiger partial charge in [-0.3, -0.25) is 9.59 Å². The predicted octanol–water partition coefficient (Wildman–Crippen LogP) is 3.31. The molecule has 3 rings (SSSR count). The van der Waals surface area contributed by atoms with Crippen LogP contribution in [0.1, 0.15) is 17.3 Å². The summed E-state index contributed by atoms with van der Waals surface area (Å²) in [6.07, 6.45) is -0.589. The average molecular weight is 317 g/mol. The van der Waals surface area contributed by atoms with E-state index < -0.39 is 6.10 Å². The Morgan fingerprint density at radius 1 is 1.27 bits per heavy atom. The molecule has 5 nitrogen and oxygen atoms in total. The Hall–Kier alpha value is -2.53. The summed E-state index contributed by atoms with van der Waals surface area (Å²) in [5.41, 5.74) is 1.51. The summed E-state index contributed by atoms with van der Waals surface area (Å²) in [7, 11) is 0. The van der Waals surface area contributed by atoms with Crippen LogP contribution in [-0.2, 0) is 4.79 Å². The third kappa shape index (κ3) is 2.76. The smallest absolute Gasteiger partial charge is 0.265 e. The number of carbonyl (C=O) groups excluding carboxylic acids is 2. The lowest BCUT2D eigenvalue weighted by Gasteiger charge is -2.23. The topological polar surface area (TPSA) is 67.4 Å². The van der Waals surface area contributed by atoms with Crippen LogP contribution in [0.4, 0.5) is 11.4 Å². The number of para-hydroxylation sites is 1. The highest BCUT2D eigenvalue weighted by Crippen LogP contribution is 2.31. The molecule has 1 aliphatic heterocycles. The van der Waals surface area contributed by atoms with Crippen LogP contribution in [0, 0.1) is 0 Å². The van der Waals surface area contributed by atoms with Crippen molar-refractivity contribution < 1.29 is 14.3 Å². The first-order valence-corrected chi connectivity index (χ1v) is 7.10. The van der Waals surface area contributed by atoms with Crippen LogP contribution in [0.2, 0.25) is 5.02 Å². The number of anilines is 2. The van der Waals surface area contributed by atoms with Crippen molar-refractivity contribution in [1.82, 2.24) is 0 Å². The molecule has 2 aromatic carbocycles. The van der Waals surface area contributed by atoms with Gasteiger partial charge in [-0.1, -0.05) is 23.7 Å². The molecule has 1 aliphatic rings. The molecule has 0 fully saturated rings. The number of hydrogen-bond acceptors (Lipinski definition) is 3. The van der Waals surface area contributed by atoms with E-state index in [1.807, 2.05) is 0 Å². The monoisotopic (exact) mass is 316 g/mol. The molecule has 2 amide bonds. The van der Waals surface area contributed by atoms with E-state index in [9.17, 15) is 9.59 Å². The Morgan fingerprint density at radius 2 is 2.05 bits per heavy atom. The van der Waals surface area contributed by atoms with Crippen LogP contribution in [0.25, 0.3) is 0 Å². The first-order valence-electron chi connectivity index (χ1n) is 6.72. The second kappa shape index (κ2) is 5.69. The zero-order chi connectivity index (χ0) is 15.7. The Morgan fingerprint density at radius 3 is 2.82 bits per heavy atom. The summed E-state index contributed by atoms with van der Waals surface area (Å²) in [5, 5.41) is 5.92. The Labute approximate surface area is 132 Å². The summed E-state index contributed by atoms with van der Waals surface area (Å²) in [6, 6.07) is 11.8. The number of nitrogens with one attached hydrogen (secondary N) is 2. The maximum Gasteiger partial charge on any atom is 0.265 e. The van der Waals surface area contributed by atoms with E-state index in [4.69, 9.17) is 16.3 Å². The Bertz CT molecular complexity index is 761. The minimum atomic E-state index is -0.589. The lowest BCUT2D eigenvalue weighted by Crippen LogP contribution is -2.34. The second-order valence-electron chi connectivity index (χ2n) is 4.89. The molecule has 112 valence electrons. The first-order chi connectivity index (χ1) is 10.5. The molecular formula is C16H13ClN2O3. The lowest BCUT2D eigenvalue weighted by atomic mass is 10.1. The number of benzene rings is 2. The van der Waals surface area contributed by atoms with Crippen molar-refractivity contribution in [3.63, 3.8) is 0 Å². The van der Waals surface area contributed by atoms with Crippen molar-refractivity contribution in [1.29, 1.82) is 0 Å². The number of carbonyl (C=O) groups is 2. The second-order valence-corrected chi connectivity index (χ2v) is 5.30. The minimum absolute atomic E-state index is 0.208. The molecule has 22 heavy (non-hydrogen) atoms. The molecule has 0 aromatic heterocycles. The summed E-state index contributed by atoms with van der Waals surface area (Å²) >= 11 is 6.02. The molecule has 0 bridgehead atoms. The lowest BCUT2D eigenvalue weighted by molar-refractivity contribution is -0.122. The van der Waals surface area contributed by atoms with Crippen molar-refractivity contribution in [2.45, 2.75) is 13.0 Å². The van der Waals surface area contributed by atoms with Gasteiger partial charge in [-0.2, -0.15) is 0 Å². The van der Waals surface area contributed by atoms with Crippen molar-refractivity contribution in [3.8, 4) is 5.75 Å². The summed E-state index contributed by atoms with van der Waals surface area (Å²) in [5.74, 6) is -0.0382. The van der Waals surface area contributed by atoms with E-state index in [1.165, 1.54) is 0 Å². The fourth-order valence-corrected chi connectivity index (χ4v) is 2.28. The standard InChI is InChI=1S/C16H13ClN2O3/c1-9-15(20)19-13-7-6-10(8-14(13)22-9)16(21)18-12-5-3-2-4-11(12)17/h2-9H,1H3,(H,18,21)(H,19,20).